The Balaban J connectivity index is 2.29. The number of hydrogen-bond donors (Lipinski definition) is 1. The third-order valence-corrected chi connectivity index (χ3v) is 3.62. The number of nitrogens with one attached hydrogen (secondary N) is 1. The first-order chi connectivity index (χ1) is 9.02. The number of benzene rings is 1. The second-order valence-corrected chi connectivity index (χ2v) is 5.08. The first kappa shape index (κ1) is 14.0. The smallest absolute Gasteiger partial charge is 0.295 e. The highest BCUT2D eigenvalue weighted by atomic mass is 35.5. The van der Waals surface area contributed by atoms with Crippen molar-refractivity contribution in [2.75, 3.05) is 31.6 Å². The fourth-order valence-corrected chi connectivity index (χ4v) is 2.59. The van der Waals surface area contributed by atoms with Crippen molar-refractivity contribution in [2.24, 2.45) is 5.92 Å². The van der Waals surface area contributed by atoms with Crippen molar-refractivity contribution in [3.05, 3.63) is 33.1 Å². The lowest BCUT2D eigenvalue weighted by atomic mass is 10.1. The number of hydrogen-bond acceptors (Lipinski definition) is 4. The molecule has 1 aromatic rings. The summed E-state index contributed by atoms with van der Waals surface area (Å²) in [7, 11) is 1.87. The lowest BCUT2D eigenvalue weighted by Gasteiger charge is -2.19. The summed E-state index contributed by atoms with van der Waals surface area (Å²) in [5, 5.41) is 14.0. The van der Waals surface area contributed by atoms with Crippen LogP contribution in [0.5, 0.6) is 0 Å². The van der Waals surface area contributed by atoms with Crippen molar-refractivity contribution in [1.29, 1.82) is 0 Å². The number of nitro groups is 1. The zero-order valence-corrected chi connectivity index (χ0v) is 11.3. The van der Waals surface area contributed by atoms with Gasteiger partial charge in [-0.3, -0.25) is 10.1 Å². The van der Waals surface area contributed by atoms with Crippen LogP contribution in [0.1, 0.15) is 6.42 Å². The topological polar surface area (TPSA) is 58.4 Å². The van der Waals surface area contributed by atoms with Gasteiger partial charge in [0, 0.05) is 13.1 Å². The van der Waals surface area contributed by atoms with E-state index in [1.807, 2.05) is 11.9 Å². The second kappa shape index (κ2) is 5.71. The predicted molar refractivity (Wildman–Crippen MR) is 72.3 cm³/mol. The van der Waals surface area contributed by atoms with E-state index < -0.39 is 10.7 Å². The molecule has 1 heterocycles. The van der Waals surface area contributed by atoms with Crippen molar-refractivity contribution in [2.45, 2.75) is 6.42 Å². The van der Waals surface area contributed by atoms with E-state index in [2.05, 4.69) is 5.32 Å². The average Bonchev–Trinajstić information content (AvgIpc) is 2.81. The molecule has 0 amide bonds. The number of nitro benzene ring substituents is 1. The molecule has 0 saturated carbocycles. The Labute approximate surface area is 115 Å². The van der Waals surface area contributed by atoms with Crippen LogP contribution >= 0.6 is 11.6 Å². The molecule has 1 unspecified atom stereocenters. The largest absolute Gasteiger partial charge is 0.366 e. The molecule has 1 atom stereocenters. The molecule has 2 rings (SSSR count). The highest BCUT2D eigenvalue weighted by Crippen LogP contribution is 2.35. The van der Waals surface area contributed by atoms with Crippen LogP contribution in [0.3, 0.4) is 0 Å². The van der Waals surface area contributed by atoms with Gasteiger partial charge in [-0.25, -0.2) is 4.39 Å². The van der Waals surface area contributed by atoms with Crippen molar-refractivity contribution in [1.82, 2.24) is 5.32 Å². The summed E-state index contributed by atoms with van der Waals surface area (Å²) >= 11 is 5.73. The quantitative estimate of drug-likeness (QED) is 0.682. The Hall–Kier alpha value is -1.40. The highest BCUT2D eigenvalue weighted by Gasteiger charge is 2.28. The van der Waals surface area contributed by atoms with E-state index in [0.29, 0.717) is 18.2 Å². The number of rotatable bonds is 4. The van der Waals surface area contributed by atoms with E-state index in [9.17, 15) is 14.5 Å². The van der Waals surface area contributed by atoms with Gasteiger partial charge in [-0.05, 0) is 32.0 Å². The first-order valence-corrected chi connectivity index (χ1v) is 6.43. The molecule has 1 saturated heterocycles. The lowest BCUT2D eigenvalue weighted by Crippen LogP contribution is -2.24. The predicted octanol–water partition coefficient (Wildman–Crippen LogP) is 2.43. The molecule has 1 N–H and O–H groups in total. The van der Waals surface area contributed by atoms with Crippen LogP contribution in [0.15, 0.2) is 12.1 Å². The Morgan fingerprint density at radius 1 is 1.63 bits per heavy atom. The van der Waals surface area contributed by atoms with Crippen LogP contribution in [-0.2, 0) is 0 Å². The van der Waals surface area contributed by atoms with E-state index in [4.69, 9.17) is 11.6 Å². The second-order valence-electron chi connectivity index (χ2n) is 4.67. The van der Waals surface area contributed by atoms with Gasteiger partial charge in [-0.1, -0.05) is 11.6 Å². The van der Waals surface area contributed by atoms with E-state index >= 15 is 0 Å². The average molecular weight is 288 g/mol. The Kier molecular flexibility index (Phi) is 4.21. The molecule has 104 valence electrons. The molecule has 0 aromatic heterocycles. The SMILES string of the molecule is CNCC1CCN(c2cc(Cl)c(F)cc2[N+](=O)[O-])C1. The maximum absolute atomic E-state index is 13.3. The van der Waals surface area contributed by atoms with Crippen molar-refractivity contribution in [3.63, 3.8) is 0 Å². The molecule has 1 fully saturated rings. The molecule has 0 spiro atoms. The molecular formula is C12H15ClFN3O2. The Bertz CT molecular complexity index is 498. The zero-order chi connectivity index (χ0) is 14.0. The summed E-state index contributed by atoms with van der Waals surface area (Å²) in [6, 6.07) is 2.24. The van der Waals surface area contributed by atoms with Crippen LogP contribution in [0.25, 0.3) is 0 Å². The minimum absolute atomic E-state index is 0.0855. The van der Waals surface area contributed by atoms with Crippen molar-refractivity contribution in [3.8, 4) is 0 Å². The fraction of sp³-hybridized carbons (Fsp3) is 0.500. The minimum atomic E-state index is -0.761. The minimum Gasteiger partial charge on any atom is -0.366 e. The summed E-state index contributed by atoms with van der Waals surface area (Å²) < 4.78 is 13.3. The van der Waals surface area contributed by atoms with Gasteiger partial charge in [0.2, 0.25) is 0 Å². The van der Waals surface area contributed by atoms with Crippen LogP contribution in [0.4, 0.5) is 15.8 Å². The van der Waals surface area contributed by atoms with Gasteiger partial charge in [0.1, 0.15) is 11.5 Å². The third-order valence-electron chi connectivity index (χ3n) is 3.33. The Morgan fingerprint density at radius 2 is 2.37 bits per heavy atom. The van der Waals surface area contributed by atoms with Crippen LogP contribution in [-0.4, -0.2) is 31.6 Å². The van der Waals surface area contributed by atoms with E-state index in [1.165, 1.54) is 6.07 Å². The standard InChI is InChI=1S/C12H15ClFN3O2/c1-15-6-8-2-3-16(7-8)11-4-9(13)10(14)5-12(11)17(18)19/h4-5,8,15H,2-3,6-7H2,1H3. The summed E-state index contributed by atoms with van der Waals surface area (Å²) in [4.78, 5) is 12.3. The molecule has 19 heavy (non-hydrogen) atoms. The number of halogens is 2. The van der Waals surface area contributed by atoms with Crippen LogP contribution in [0.2, 0.25) is 5.02 Å². The molecular weight excluding hydrogens is 273 g/mol. The van der Waals surface area contributed by atoms with Gasteiger partial charge in [0.05, 0.1) is 16.0 Å². The zero-order valence-electron chi connectivity index (χ0n) is 10.5. The van der Waals surface area contributed by atoms with E-state index in [0.717, 1.165) is 25.6 Å². The lowest BCUT2D eigenvalue weighted by molar-refractivity contribution is -0.384. The summed E-state index contributed by atoms with van der Waals surface area (Å²) in [5.41, 5.74) is 0.169. The number of nitrogens with zero attached hydrogens (tertiary/aromatic N) is 2. The van der Waals surface area contributed by atoms with Crippen LogP contribution < -0.4 is 10.2 Å². The normalized spacial score (nSPS) is 18.9. The van der Waals surface area contributed by atoms with Gasteiger partial charge in [-0.15, -0.1) is 0 Å². The Morgan fingerprint density at radius 3 is 3.00 bits per heavy atom. The summed E-state index contributed by atoms with van der Waals surface area (Å²) in [6.07, 6.45) is 0.951. The molecule has 0 bridgehead atoms. The fourth-order valence-electron chi connectivity index (χ4n) is 2.43. The van der Waals surface area contributed by atoms with Gasteiger partial charge in [0.25, 0.3) is 5.69 Å². The first-order valence-electron chi connectivity index (χ1n) is 6.06. The van der Waals surface area contributed by atoms with Crippen molar-refractivity contribution >= 4 is 23.0 Å². The highest BCUT2D eigenvalue weighted by molar-refractivity contribution is 6.31. The molecule has 0 radical (unpaired) electrons. The third kappa shape index (κ3) is 2.96. The molecule has 0 aliphatic carbocycles. The van der Waals surface area contributed by atoms with Crippen LogP contribution in [0, 0.1) is 21.8 Å². The van der Waals surface area contributed by atoms with Gasteiger partial charge in [-0.2, -0.15) is 0 Å². The summed E-state index contributed by atoms with van der Waals surface area (Å²) in [5.74, 6) is -0.323. The molecule has 1 aliphatic rings. The molecule has 7 heteroatoms. The molecule has 1 aromatic carbocycles. The van der Waals surface area contributed by atoms with Gasteiger partial charge < -0.3 is 10.2 Å². The maximum Gasteiger partial charge on any atom is 0.295 e. The number of anilines is 1. The maximum atomic E-state index is 13.3. The molecule has 5 nitrogen and oxygen atoms in total. The van der Waals surface area contributed by atoms with Crippen molar-refractivity contribution < 1.29 is 9.31 Å². The van der Waals surface area contributed by atoms with E-state index in [1.54, 1.807) is 0 Å². The monoisotopic (exact) mass is 287 g/mol. The van der Waals surface area contributed by atoms with Gasteiger partial charge in [0.15, 0.2) is 0 Å². The van der Waals surface area contributed by atoms with E-state index in [-0.39, 0.29) is 10.7 Å². The molecule has 1 aliphatic heterocycles. The van der Waals surface area contributed by atoms with Gasteiger partial charge >= 0.3 is 0 Å². The summed E-state index contributed by atoms with van der Waals surface area (Å²) in [6.45, 7) is 2.29.